The van der Waals surface area contributed by atoms with Gasteiger partial charge in [-0.3, -0.25) is 0 Å². The molecule has 0 heterocycles. The molecule has 4 heteroatoms. The summed E-state index contributed by atoms with van der Waals surface area (Å²) in [6.45, 7) is 8.58. The maximum Gasteiger partial charge on any atom is 0.379 e. The molecule has 0 atom stereocenters. The summed E-state index contributed by atoms with van der Waals surface area (Å²) in [5.74, 6) is 0. The quantitative estimate of drug-likeness (QED) is 0.415. The molecule has 0 amide bonds. The summed E-state index contributed by atoms with van der Waals surface area (Å²) in [5, 5.41) is 0. The zero-order valence-electron chi connectivity index (χ0n) is 10.8. The molecule has 0 fully saturated rings. The van der Waals surface area contributed by atoms with Gasteiger partial charge in [0.05, 0.1) is 0 Å². The predicted molar refractivity (Wildman–Crippen MR) is 65.0 cm³/mol. The second-order valence-electron chi connectivity index (χ2n) is 3.65. The fourth-order valence-corrected chi connectivity index (χ4v) is 1.80. The van der Waals surface area contributed by atoms with E-state index in [0.717, 1.165) is 12.7 Å². The number of hydrogen-bond donors (Lipinski definition) is 0. The molecule has 0 saturated carbocycles. The van der Waals surface area contributed by atoms with Crippen LogP contribution in [-0.4, -0.2) is 26.6 Å². The maximum atomic E-state index is 5.68. The molecule has 0 aromatic heterocycles. The van der Waals surface area contributed by atoms with Gasteiger partial charge in [0.1, 0.15) is 0 Å². The first kappa shape index (κ1) is 14.9. The smallest absolute Gasteiger partial charge is 0.379 e. The Balaban J connectivity index is 4.18. The van der Waals surface area contributed by atoms with E-state index in [1.165, 1.54) is 12.8 Å². The first-order valence-corrected chi connectivity index (χ1v) is 6.31. The molecule has 0 rings (SSSR count). The van der Waals surface area contributed by atoms with E-state index in [1.807, 2.05) is 20.8 Å². The first-order valence-electron chi connectivity index (χ1n) is 6.31. The molecule has 92 valence electrons. The predicted octanol–water partition coefficient (Wildman–Crippen LogP) is 3.23. The van der Waals surface area contributed by atoms with Crippen LogP contribution >= 0.6 is 0 Å². The van der Waals surface area contributed by atoms with Crippen molar-refractivity contribution < 1.29 is 14.0 Å². The Bertz CT molecular complexity index is 125. The molecule has 0 aliphatic rings. The lowest BCUT2D eigenvalue weighted by Crippen LogP contribution is -2.45. The summed E-state index contributed by atoms with van der Waals surface area (Å²) in [6.07, 6.45) is 4.40. The summed E-state index contributed by atoms with van der Waals surface area (Å²) in [5.41, 5.74) is 0. The molecule has 0 N–H and O–H groups in total. The highest BCUT2D eigenvalue weighted by molar-refractivity contribution is 6.60. The van der Waals surface area contributed by atoms with Crippen molar-refractivity contribution in [2.75, 3.05) is 19.8 Å². The van der Waals surface area contributed by atoms with E-state index >= 15 is 0 Å². The Labute approximate surface area is 94.5 Å². The van der Waals surface area contributed by atoms with E-state index in [4.69, 9.17) is 14.0 Å². The third kappa shape index (κ3) is 6.18. The Morgan fingerprint density at radius 2 is 1.20 bits per heavy atom. The fraction of sp³-hybridized carbons (Fsp3) is 1.00. The second-order valence-corrected chi connectivity index (χ2v) is 3.65. The van der Waals surface area contributed by atoms with Gasteiger partial charge in [0.15, 0.2) is 0 Å². The Hall–Kier alpha value is -0.0551. The van der Waals surface area contributed by atoms with Crippen LogP contribution in [-0.2, 0) is 14.0 Å². The molecule has 0 radical (unpaired) electrons. The highest BCUT2D eigenvalue weighted by Gasteiger charge is 2.27. The van der Waals surface area contributed by atoms with Crippen LogP contribution in [0.25, 0.3) is 0 Å². The van der Waals surface area contributed by atoms with E-state index in [2.05, 4.69) is 6.92 Å². The van der Waals surface area contributed by atoms with E-state index in [9.17, 15) is 0 Å². The summed E-state index contributed by atoms with van der Waals surface area (Å²) >= 11 is 0. The minimum absolute atomic E-state index is 0.645. The van der Waals surface area contributed by atoms with Gasteiger partial charge >= 0.3 is 6.75 Å². The van der Waals surface area contributed by atoms with Gasteiger partial charge in [-0.25, -0.2) is 0 Å². The molecular formula is C11H26BO3-. The van der Waals surface area contributed by atoms with Crippen molar-refractivity contribution >= 4 is 6.75 Å². The van der Waals surface area contributed by atoms with Crippen LogP contribution in [0.3, 0.4) is 0 Å². The first-order chi connectivity index (χ1) is 7.24. The average Bonchev–Trinajstić information content (AvgIpc) is 2.19. The minimum Gasteiger partial charge on any atom is -0.545 e. The molecule has 0 aliphatic carbocycles. The Morgan fingerprint density at radius 3 is 1.53 bits per heavy atom. The second kappa shape index (κ2) is 9.19. The molecule has 0 aromatic rings. The van der Waals surface area contributed by atoms with Crippen molar-refractivity contribution in [3.05, 3.63) is 0 Å². The van der Waals surface area contributed by atoms with Gasteiger partial charge in [0.25, 0.3) is 0 Å². The molecule has 0 bridgehead atoms. The topological polar surface area (TPSA) is 27.7 Å². The lowest BCUT2D eigenvalue weighted by atomic mass is 9.71. The zero-order valence-corrected chi connectivity index (χ0v) is 10.8. The van der Waals surface area contributed by atoms with Crippen LogP contribution in [0.1, 0.15) is 47.0 Å². The van der Waals surface area contributed by atoms with Crippen molar-refractivity contribution in [3.63, 3.8) is 0 Å². The molecule has 15 heavy (non-hydrogen) atoms. The van der Waals surface area contributed by atoms with Crippen LogP contribution < -0.4 is 0 Å². The van der Waals surface area contributed by atoms with Gasteiger partial charge in [0, 0.05) is 0 Å². The highest BCUT2D eigenvalue weighted by Crippen LogP contribution is 2.19. The highest BCUT2D eigenvalue weighted by atomic mass is 16.7. The van der Waals surface area contributed by atoms with Gasteiger partial charge in [-0.15, -0.1) is 0 Å². The van der Waals surface area contributed by atoms with E-state index in [-0.39, 0.29) is 0 Å². The average molecular weight is 217 g/mol. The van der Waals surface area contributed by atoms with Crippen molar-refractivity contribution in [1.29, 1.82) is 0 Å². The van der Waals surface area contributed by atoms with E-state index in [1.54, 1.807) is 0 Å². The standard InChI is InChI=1S/C11H26BO3/c1-5-9-10-11-12(13-6-2,14-7-3)15-8-4/h5-11H2,1-4H3/q-1. The van der Waals surface area contributed by atoms with Crippen molar-refractivity contribution in [3.8, 4) is 0 Å². The lowest BCUT2D eigenvalue weighted by Gasteiger charge is -2.40. The SMILES string of the molecule is CCCCC[B-](OCC)(OCC)OCC. The van der Waals surface area contributed by atoms with Crippen molar-refractivity contribution in [1.82, 2.24) is 0 Å². The summed E-state index contributed by atoms with van der Waals surface area (Å²) in [6, 6.07) is 0. The van der Waals surface area contributed by atoms with Gasteiger partial charge in [0.2, 0.25) is 0 Å². The number of hydrogen-bond acceptors (Lipinski definition) is 3. The fourth-order valence-electron chi connectivity index (χ4n) is 1.80. The molecule has 0 saturated heterocycles. The minimum atomic E-state index is -1.49. The third-order valence-corrected chi connectivity index (χ3v) is 2.42. The zero-order chi connectivity index (χ0) is 11.6. The molecule has 0 spiro atoms. The molecular weight excluding hydrogens is 191 g/mol. The van der Waals surface area contributed by atoms with Crippen LogP contribution in [0.2, 0.25) is 6.32 Å². The van der Waals surface area contributed by atoms with Gasteiger partial charge < -0.3 is 14.0 Å². The monoisotopic (exact) mass is 217 g/mol. The van der Waals surface area contributed by atoms with Crippen LogP contribution in [0.15, 0.2) is 0 Å². The molecule has 0 aromatic carbocycles. The van der Waals surface area contributed by atoms with Crippen LogP contribution in [0, 0.1) is 0 Å². The molecule has 3 nitrogen and oxygen atoms in total. The van der Waals surface area contributed by atoms with Crippen LogP contribution in [0.5, 0.6) is 0 Å². The summed E-state index contributed by atoms with van der Waals surface area (Å²) in [4.78, 5) is 0. The largest absolute Gasteiger partial charge is 0.545 e. The number of unbranched alkanes of at least 4 members (excludes halogenated alkanes) is 2. The van der Waals surface area contributed by atoms with Gasteiger partial charge in [-0.05, 0) is 40.6 Å². The number of rotatable bonds is 10. The van der Waals surface area contributed by atoms with Crippen molar-refractivity contribution in [2.24, 2.45) is 0 Å². The Morgan fingerprint density at radius 1 is 0.733 bits per heavy atom. The van der Waals surface area contributed by atoms with E-state index in [0.29, 0.717) is 19.8 Å². The van der Waals surface area contributed by atoms with Crippen molar-refractivity contribution in [2.45, 2.75) is 53.3 Å². The maximum absolute atomic E-state index is 5.68. The Kier molecular flexibility index (Phi) is 9.16. The molecule has 0 unspecified atom stereocenters. The summed E-state index contributed by atoms with van der Waals surface area (Å²) in [7, 11) is 0. The third-order valence-electron chi connectivity index (χ3n) is 2.42. The normalized spacial score (nSPS) is 12.0. The summed E-state index contributed by atoms with van der Waals surface area (Å²) < 4.78 is 17.0. The van der Waals surface area contributed by atoms with Gasteiger partial charge in [-0.1, -0.05) is 32.5 Å². The van der Waals surface area contributed by atoms with Crippen LogP contribution in [0.4, 0.5) is 0 Å². The molecule has 0 aliphatic heterocycles. The van der Waals surface area contributed by atoms with E-state index < -0.39 is 6.75 Å². The van der Waals surface area contributed by atoms with Gasteiger partial charge in [-0.2, -0.15) is 0 Å². The lowest BCUT2D eigenvalue weighted by molar-refractivity contribution is 0.0707.